The van der Waals surface area contributed by atoms with Crippen molar-refractivity contribution in [2.24, 2.45) is 0 Å². The number of hydrogen-bond acceptors (Lipinski definition) is 4. The lowest BCUT2D eigenvalue weighted by molar-refractivity contribution is 0.0520. The summed E-state index contributed by atoms with van der Waals surface area (Å²) in [5.41, 5.74) is 2.71. The Kier molecular flexibility index (Phi) is 3.95. The number of aromatic nitrogens is 3. The number of nitrogens with one attached hydrogen (secondary N) is 1. The minimum atomic E-state index is -0.459. The molecule has 0 aliphatic heterocycles. The molecule has 0 radical (unpaired) electrons. The summed E-state index contributed by atoms with van der Waals surface area (Å²) in [5, 5.41) is 10.4. The van der Waals surface area contributed by atoms with Crippen molar-refractivity contribution >= 4 is 28.6 Å². The molecule has 0 aliphatic rings. The molecule has 0 saturated heterocycles. The summed E-state index contributed by atoms with van der Waals surface area (Å²) in [7, 11) is 0. The van der Waals surface area contributed by atoms with Crippen LogP contribution in [0.25, 0.3) is 11.3 Å². The lowest BCUT2D eigenvalue weighted by atomic mass is 10.0. The maximum absolute atomic E-state index is 11.7. The second kappa shape index (κ2) is 5.47. The van der Waals surface area contributed by atoms with Gasteiger partial charge in [0.05, 0.1) is 6.61 Å². The molecular formula is C12H12IN3O2. The number of H-pyrrole nitrogens is 1. The molecular weight excluding hydrogens is 345 g/mol. The molecule has 5 nitrogen and oxygen atoms in total. The second-order valence-corrected chi connectivity index (χ2v) is 4.82. The molecule has 0 spiro atoms. The predicted molar refractivity (Wildman–Crippen MR) is 75.2 cm³/mol. The van der Waals surface area contributed by atoms with Gasteiger partial charge >= 0.3 is 5.97 Å². The van der Waals surface area contributed by atoms with Gasteiger partial charge in [-0.3, -0.25) is 0 Å². The zero-order valence-corrected chi connectivity index (χ0v) is 12.2. The van der Waals surface area contributed by atoms with Crippen LogP contribution < -0.4 is 0 Å². The van der Waals surface area contributed by atoms with Crippen molar-refractivity contribution in [3.8, 4) is 11.3 Å². The van der Waals surface area contributed by atoms with Gasteiger partial charge in [0.15, 0.2) is 5.69 Å². The van der Waals surface area contributed by atoms with Crippen LogP contribution in [0.3, 0.4) is 0 Å². The molecule has 6 heteroatoms. The highest BCUT2D eigenvalue weighted by Crippen LogP contribution is 2.26. The quantitative estimate of drug-likeness (QED) is 0.677. The van der Waals surface area contributed by atoms with Crippen LogP contribution in [0.5, 0.6) is 0 Å². The average Bonchev–Trinajstić information content (AvgIpc) is 2.82. The fourth-order valence-electron chi connectivity index (χ4n) is 1.62. The largest absolute Gasteiger partial charge is 0.461 e. The first-order chi connectivity index (χ1) is 8.65. The molecule has 1 heterocycles. The van der Waals surface area contributed by atoms with Gasteiger partial charge in [0.25, 0.3) is 0 Å². The van der Waals surface area contributed by atoms with E-state index in [0.717, 1.165) is 14.7 Å². The molecule has 0 saturated carbocycles. The Hall–Kier alpha value is -1.44. The van der Waals surface area contributed by atoms with Crippen molar-refractivity contribution in [1.82, 2.24) is 15.4 Å². The van der Waals surface area contributed by atoms with E-state index in [1.807, 2.05) is 25.1 Å². The van der Waals surface area contributed by atoms with Crippen LogP contribution in [0.15, 0.2) is 18.2 Å². The van der Waals surface area contributed by atoms with Crippen molar-refractivity contribution in [1.29, 1.82) is 0 Å². The van der Waals surface area contributed by atoms with E-state index in [4.69, 9.17) is 4.74 Å². The van der Waals surface area contributed by atoms with Gasteiger partial charge < -0.3 is 4.74 Å². The van der Waals surface area contributed by atoms with Crippen molar-refractivity contribution in [3.63, 3.8) is 0 Å². The molecule has 0 unspecified atom stereocenters. The van der Waals surface area contributed by atoms with Crippen LogP contribution in [0.4, 0.5) is 0 Å². The summed E-state index contributed by atoms with van der Waals surface area (Å²) in [6.45, 7) is 4.06. The number of aromatic amines is 1. The smallest absolute Gasteiger partial charge is 0.361 e. The van der Waals surface area contributed by atoms with Gasteiger partial charge in [-0.25, -0.2) is 4.79 Å². The standard InChI is InChI=1S/C12H12IN3O2/c1-3-18-12(17)11-10(14-16-15-11)8-5-4-6-9(13)7(8)2/h4-6H,3H2,1-2H3,(H,14,15,16). The maximum Gasteiger partial charge on any atom is 0.361 e. The minimum Gasteiger partial charge on any atom is -0.461 e. The first-order valence-corrected chi connectivity index (χ1v) is 6.56. The lowest BCUT2D eigenvalue weighted by Gasteiger charge is -2.06. The third-order valence-electron chi connectivity index (χ3n) is 2.54. The molecule has 0 atom stereocenters. The van der Waals surface area contributed by atoms with Crippen LogP contribution in [0.2, 0.25) is 0 Å². The zero-order chi connectivity index (χ0) is 13.1. The van der Waals surface area contributed by atoms with Gasteiger partial charge in [-0.1, -0.05) is 12.1 Å². The molecule has 2 rings (SSSR count). The van der Waals surface area contributed by atoms with Gasteiger partial charge in [0.2, 0.25) is 0 Å². The van der Waals surface area contributed by atoms with E-state index in [-0.39, 0.29) is 5.69 Å². The van der Waals surface area contributed by atoms with Crippen LogP contribution in [-0.2, 0) is 4.74 Å². The fourth-order valence-corrected chi connectivity index (χ4v) is 2.12. The number of hydrogen-bond donors (Lipinski definition) is 1. The molecule has 0 fully saturated rings. The van der Waals surface area contributed by atoms with E-state index in [0.29, 0.717) is 12.3 Å². The van der Waals surface area contributed by atoms with E-state index in [9.17, 15) is 4.79 Å². The van der Waals surface area contributed by atoms with Crippen LogP contribution >= 0.6 is 22.6 Å². The third-order valence-corrected chi connectivity index (χ3v) is 3.71. The SMILES string of the molecule is CCOC(=O)c1n[nH]nc1-c1cccc(I)c1C. The maximum atomic E-state index is 11.7. The van der Waals surface area contributed by atoms with Gasteiger partial charge in [0, 0.05) is 9.13 Å². The third kappa shape index (κ3) is 2.38. The summed E-state index contributed by atoms with van der Waals surface area (Å²) in [6, 6.07) is 5.84. The first-order valence-electron chi connectivity index (χ1n) is 5.48. The first kappa shape index (κ1) is 13.0. The van der Waals surface area contributed by atoms with Crippen molar-refractivity contribution < 1.29 is 9.53 Å². The number of nitrogens with zero attached hydrogens (tertiary/aromatic N) is 2. The van der Waals surface area contributed by atoms with Crippen LogP contribution in [0.1, 0.15) is 23.0 Å². The lowest BCUT2D eigenvalue weighted by Crippen LogP contribution is -2.07. The normalized spacial score (nSPS) is 10.4. The Morgan fingerprint density at radius 2 is 2.22 bits per heavy atom. The van der Waals surface area contributed by atoms with Crippen molar-refractivity contribution in [3.05, 3.63) is 33.0 Å². The highest BCUT2D eigenvalue weighted by atomic mass is 127. The Bertz CT molecular complexity index is 580. The molecule has 1 aromatic carbocycles. The van der Waals surface area contributed by atoms with E-state index < -0.39 is 5.97 Å². The van der Waals surface area contributed by atoms with Crippen LogP contribution in [0, 0.1) is 10.5 Å². The summed E-state index contributed by atoms with van der Waals surface area (Å²) in [5.74, 6) is -0.459. The summed E-state index contributed by atoms with van der Waals surface area (Å²) >= 11 is 2.25. The molecule has 1 N–H and O–H groups in total. The van der Waals surface area contributed by atoms with E-state index in [1.54, 1.807) is 6.92 Å². The molecule has 1 aromatic heterocycles. The predicted octanol–water partition coefficient (Wildman–Crippen LogP) is 2.56. The van der Waals surface area contributed by atoms with Crippen molar-refractivity contribution in [2.45, 2.75) is 13.8 Å². The number of benzene rings is 1. The highest BCUT2D eigenvalue weighted by molar-refractivity contribution is 14.1. The number of halogens is 1. The van der Waals surface area contributed by atoms with E-state index in [1.165, 1.54) is 0 Å². The summed E-state index contributed by atoms with van der Waals surface area (Å²) in [4.78, 5) is 11.7. The van der Waals surface area contributed by atoms with Gasteiger partial charge in [-0.15, -0.1) is 5.10 Å². The molecule has 0 aliphatic carbocycles. The minimum absolute atomic E-state index is 0.224. The molecule has 0 bridgehead atoms. The Labute approximate surface area is 118 Å². The van der Waals surface area contributed by atoms with Crippen molar-refractivity contribution in [2.75, 3.05) is 6.61 Å². The Morgan fingerprint density at radius 1 is 1.44 bits per heavy atom. The van der Waals surface area contributed by atoms with Crippen LogP contribution in [-0.4, -0.2) is 28.0 Å². The number of carbonyl (C=O) groups excluding carboxylic acids is 1. The highest BCUT2D eigenvalue weighted by Gasteiger charge is 2.20. The number of ether oxygens (including phenoxy) is 1. The number of esters is 1. The van der Waals surface area contributed by atoms with Gasteiger partial charge in [0.1, 0.15) is 5.69 Å². The fraction of sp³-hybridized carbons (Fsp3) is 0.250. The molecule has 2 aromatic rings. The molecule has 18 heavy (non-hydrogen) atoms. The summed E-state index contributed by atoms with van der Waals surface area (Å²) in [6.07, 6.45) is 0. The summed E-state index contributed by atoms with van der Waals surface area (Å²) < 4.78 is 6.07. The van der Waals surface area contributed by atoms with E-state index >= 15 is 0 Å². The van der Waals surface area contributed by atoms with E-state index in [2.05, 4.69) is 38.0 Å². The Morgan fingerprint density at radius 3 is 2.94 bits per heavy atom. The molecule has 94 valence electrons. The Balaban J connectivity index is 2.49. The van der Waals surface area contributed by atoms with Gasteiger partial charge in [-0.05, 0) is 48.1 Å². The monoisotopic (exact) mass is 357 g/mol. The zero-order valence-electron chi connectivity index (χ0n) is 10.0. The number of carbonyl (C=O) groups is 1. The van der Waals surface area contributed by atoms with Gasteiger partial charge in [-0.2, -0.15) is 10.3 Å². The topological polar surface area (TPSA) is 67.9 Å². The molecule has 0 amide bonds. The number of rotatable bonds is 3. The second-order valence-electron chi connectivity index (χ2n) is 3.65. The average molecular weight is 357 g/mol.